The van der Waals surface area contributed by atoms with Crippen molar-refractivity contribution in [2.45, 2.75) is 89.2 Å². The van der Waals surface area contributed by atoms with Crippen LogP contribution in [0.15, 0.2) is 42.7 Å². The van der Waals surface area contributed by atoms with E-state index in [2.05, 4.69) is 49.0 Å². The monoisotopic (exact) mass is 575 g/mol. The first-order chi connectivity index (χ1) is 18.9. The standard InChI is InChI=1S/C23H33N3O2.C6H8O7/c1-22(2)12-19(13-23(3,4)25-22)26(15-17-7-6-10-24-14-17)16-18-11-20(28-5)8-9-21(18)27;7-3(8)1-6(13,5(11)12)2-4(9)10/h6-11,14,19,25,27H,12-13,15-16H2,1-5H3;13H,1-2H2,(H,7,8)(H,9,10)(H,11,12). The van der Waals surface area contributed by atoms with Crippen LogP contribution in [0.4, 0.5) is 0 Å². The fraction of sp³-hybridized carbons (Fsp3) is 0.517. The lowest BCUT2D eigenvalue weighted by molar-refractivity contribution is -0.170. The first kappa shape index (κ1) is 33.5. The molecule has 0 unspecified atom stereocenters. The van der Waals surface area contributed by atoms with E-state index in [1.165, 1.54) is 5.56 Å². The maximum atomic E-state index is 10.4. The minimum Gasteiger partial charge on any atom is -0.508 e. The number of aromatic hydroxyl groups is 1. The number of aliphatic hydroxyl groups is 1. The molecule has 0 saturated carbocycles. The molecule has 0 aliphatic carbocycles. The molecule has 2 aromatic rings. The zero-order valence-electron chi connectivity index (χ0n) is 24.1. The second kappa shape index (κ2) is 13.7. The van der Waals surface area contributed by atoms with Crippen molar-refractivity contribution in [3.05, 3.63) is 53.9 Å². The Morgan fingerprint density at radius 1 is 1.02 bits per heavy atom. The molecule has 0 amide bonds. The quantitative estimate of drug-likeness (QED) is 0.230. The Morgan fingerprint density at radius 2 is 1.61 bits per heavy atom. The zero-order valence-corrected chi connectivity index (χ0v) is 24.1. The van der Waals surface area contributed by atoms with Crippen LogP contribution in [-0.2, 0) is 27.5 Å². The number of aliphatic carboxylic acids is 3. The Labute approximate surface area is 239 Å². The highest BCUT2D eigenvalue weighted by molar-refractivity contribution is 5.88. The van der Waals surface area contributed by atoms with Crippen molar-refractivity contribution in [2.75, 3.05) is 7.11 Å². The highest BCUT2D eigenvalue weighted by atomic mass is 16.5. The molecule has 0 atom stereocenters. The van der Waals surface area contributed by atoms with Gasteiger partial charge in [0.05, 0.1) is 20.0 Å². The van der Waals surface area contributed by atoms with E-state index in [1.807, 2.05) is 18.3 Å². The number of pyridine rings is 1. The summed E-state index contributed by atoms with van der Waals surface area (Å²) in [4.78, 5) is 37.2. The highest BCUT2D eigenvalue weighted by Gasteiger charge is 2.41. The van der Waals surface area contributed by atoms with Gasteiger partial charge in [-0.05, 0) is 70.4 Å². The number of piperidine rings is 1. The lowest BCUT2D eigenvalue weighted by Crippen LogP contribution is -2.62. The van der Waals surface area contributed by atoms with Crippen LogP contribution in [0.1, 0.15) is 64.5 Å². The molecule has 41 heavy (non-hydrogen) atoms. The van der Waals surface area contributed by atoms with Gasteiger partial charge in [0.25, 0.3) is 0 Å². The molecular formula is C29H41N3O9. The molecule has 1 aliphatic heterocycles. The molecule has 12 nitrogen and oxygen atoms in total. The van der Waals surface area contributed by atoms with Crippen LogP contribution >= 0.6 is 0 Å². The summed E-state index contributed by atoms with van der Waals surface area (Å²) in [5, 5.41) is 48.0. The van der Waals surface area contributed by atoms with E-state index in [4.69, 9.17) is 25.2 Å². The predicted octanol–water partition coefficient (Wildman–Crippen LogP) is 2.86. The first-order valence-electron chi connectivity index (χ1n) is 13.1. The first-order valence-corrected chi connectivity index (χ1v) is 13.1. The number of benzene rings is 1. The smallest absolute Gasteiger partial charge is 0.336 e. The van der Waals surface area contributed by atoms with Gasteiger partial charge in [0.1, 0.15) is 11.5 Å². The molecule has 0 bridgehead atoms. The maximum Gasteiger partial charge on any atom is 0.336 e. The number of carbonyl (C=O) groups is 3. The van der Waals surface area contributed by atoms with Gasteiger partial charge in [-0.2, -0.15) is 0 Å². The van der Waals surface area contributed by atoms with Crippen molar-refractivity contribution in [2.24, 2.45) is 0 Å². The molecule has 0 radical (unpaired) electrons. The van der Waals surface area contributed by atoms with E-state index in [0.29, 0.717) is 18.3 Å². The van der Waals surface area contributed by atoms with E-state index in [0.717, 1.165) is 30.7 Å². The summed E-state index contributed by atoms with van der Waals surface area (Å²) in [6, 6.07) is 9.92. The minimum absolute atomic E-state index is 0.0516. The Morgan fingerprint density at radius 3 is 2.07 bits per heavy atom. The van der Waals surface area contributed by atoms with E-state index >= 15 is 0 Å². The van der Waals surface area contributed by atoms with Crippen LogP contribution in [0, 0.1) is 0 Å². The van der Waals surface area contributed by atoms with Gasteiger partial charge < -0.3 is 35.6 Å². The molecule has 1 aromatic heterocycles. The molecule has 6 N–H and O–H groups in total. The van der Waals surface area contributed by atoms with Gasteiger partial charge in [0.2, 0.25) is 0 Å². The second-order valence-electron chi connectivity index (χ2n) is 11.7. The third-order valence-corrected chi connectivity index (χ3v) is 6.74. The maximum absolute atomic E-state index is 10.4. The average molecular weight is 576 g/mol. The highest BCUT2D eigenvalue weighted by Crippen LogP contribution is 2.34. The summed E-state index contributed by atoms with van der Waals surface area (Å²) in [6.07, 6.45) is 3.53. The molecular weight excluding hydrogens is 534 g/mol. The summed E-state index contributed by atoms with van der Waals surface area (Å²) >= 11 is 0. The average Bonchev–Trinajstić information content (AvgIpc) is 2.83. The number of carboxylic acids is 3. The Hall–Kier alpha value is -3.74. The van der Waals surface area contributed by atoms with Crippen LogP contribution in [0.25, 0.3) is 0 Å². The van der Waals surface area contributed by atoms with Gasteiger partial charge in [-0.15, -0.1) is 0 Å². The van der Waals surface area contributed by atoms with Crippen molar-refractivity contribution in [3.63, 3.8) is 0 Å². The zero-order chi connectivity index (χ0) is 31.0. The number of hydrogen-bond donors (Lipinski definition) is 6. The molecule has 1 saturated heterocycles. The topological polar surface area (TPSA) is 190 Å². The van der Waals surface area contributed by atoms with Gasteiger partial charge >= 0.3 is 17.9 Å². The number of rotatable bonds is 11. The Bertz CT molecular complexity index is 1170. The molecule has 1 aromatic carbocycles. The number of phenols is 1. The molecule has 226 valence electrons. The van der Waals surface area contributed by atoms with Gasteiger partial charge in [0, 0.05) is 48.2 Å². The Balaban J connectivity index is 0.000000383. The van der Waals surface area contributed by atoms with E-state index < -0.39 is 36.4 Å². The van der Waals surface area contributed by atoms with Crippen molar-refractivity contribution >= 4 is 17.9 Å². The number of nitrogens with zero attached hydrogens (tertiary/aromatic N) is 2. The van der Waals surface area contributed by atoms with Gasteiger partial charge in [-0.1, -0.05) is 6.07 Å². The van der Waals surface area contributed by atoms with Gasteiger partial charge in [-0.25, -0.2) is 4.79 Å². The number of hydrogen-bond acceptors (Lipinski definition) is 9. The molecule has 1 aliphatic rings. The number of carboxylic acid groups (broad SMARTS) is 3. The van der Waals surface area contributed by atoms with Gasteiger partial charge in [0.15, 0.2) is 5.60 Å². The van der Waals surface area contributed by atoms with Crippen molar-refractivity contribution in [3.8, 4) is 11.5 Å². The van der Waals surface area contributed by atoms with Crippen LogP contribution in [0.2, 0.25) is 0 Å². The largest absolute Gasteiger partial charge is 0.508 e. The number of ether oxygens (including phenoxy) is 1. The molecule has 2 heterocycles. The van der Waals surface area contributed by atoms with Gasteiger partial charge in [-0.3, -0.25) is 19.5 Å². The van der Waals surface area contributed by atoms with E-state index in [-0.39, 0.29) is 11.1 Å². The molecule has 1 fully saturated rings. The number of aromatic nitrogens is 1. The lowest BCUT2D eigenvalue weighted by atomic mass is 9.78. The van der Waals surface area contributed by atoms with Crippen molar-refractivity contribution < 1.29 is 44.7 Å². The number of nitrogens with one attached hydrogen (secondary N) is 1. The molecule has 12 heteroatoms. The SMILES string of the molecule is COc1ccc(O)c(CN(Cc2cccnc2)C2CC(C)(C)NC(C)(C)C2)c1.O=C(O)CC(O)(CC(=O)O)C(=O)O. The third-order valence-electron chi connectivity index (χ3n) is 6.74. The Kier molecular flexibility index (Phi) is 11.2. The normalized spacial score (nSPS) is 16.4. The fourth-order valence-corrected chi connectivity index (χ4v) is 5.32. The molecule has 0 spiro atoms. The summed E-state index contributed by atoms with van der Waals surface area (Å²) in [7, 11) is 1.65. The number of phenolic OH excluding ortho intramolecular Hbond substituents is 1. The van der Waals surface area contributed by atoms with Crippen LogP contribution in [-0.4, -0.2) is 83.2 Å². The summed E-state index contributed by atoms with van der Waals surface area (Å²) < 4.78 is 5.37. The summed E-state index contributed by atoms with van der Waals surface area (Å²) in [6.45, 7) is 10.5. The second-order valence-corrected chi connectivity index (χ2v) is 11.7. The minimum atomic E-state index is -2.74. The van der Waals surface area contributed by atoms with Crippen LogP contribution in [0.3, 0.4) is 0 Å². The predicted molar refractivity (Wildman–Crippen MR) is 150 cm³/mol. The van der Waals surface area contributed by atoms with Crippen molar-refractivity contribution in [1.82, 2.24) is 15.2 Å². The van der Waals surface area contributed by atoms with E-state index in [1.54, 1.807) is 25.4 Å². The van der Waals surface area contributed by atoms with Crippen LogP contribution < -0.4 is 10.1 Å². The summed E-state index contributed by atoms with van der Waals surface area (Å²) in [5.41, 5.74) is -0.569. The lowest BCUT2D eigenvalue weighted by Gasteiger charge is -2.49. The molecule has 3 rings (SSSR count). The fourth-order valence-electron chi connectivity index (χ4n) is 5.32. The number of methoxy groups -OCH3 is 1. The summed E-state index contributed by atoms with van der Waals surface area (Å²) in [5.74, 6) is -3.95. The van der Waals surface area contributed by atoms with Crippen molar-refractivity contribution in [1.29, 1.82) is 0 Å². The van der Waals surface area contributed by atoms with E-state index in [9.17, 15) is 19.5 Å². The van der Waals surface area contributed by atoms with Crippen LogP contribution in [0.5, 0.6) is 11.5 Å². The third kappa shape index (κ3) is 10.6.